The van der Waals surface area contributed by atoms with Gasteiger partial charge in [-0.25, -0.2) is 0 Å². The van der Waals surface area contributed by atoms with Crippen molar-refractivity contribution in [3.63, 3.8) is 0 Å². The predicted molar refractivity (Wildman–Crippen MR) is 114 cm³/mol. The van der Waals surface area contributed by atoms with Crippen molar-refractivity contribution < 1.29 is 19.1 Å². The number of carbonyl (C=O) groups excluding carboxylic acids is 2. The summed E-state index contributed by atoms with van der Waals surface area (Å²) in [4.78, 5) is 24.8. The molecule has 6 heteroatoms. The summed E-state index contributed by atoms with van der Waals surface area (Å²) >= 11 is 0. The first-order valence-corrected chi connectivity index (χ1v) is 9.58. The van der Waals surface area contributed by atoms with Crippen molar-refractivity contribution in [1.29, 1.82) is 0 Å². The second-order valence-electron chi connectivity index (χ2n) is 6.63. The van der Waals surface area contributed by atoms with Crippen molar-refractivity contribution >= 4 is 11.8 Å². The summed E-state index contributed by atoms with van der Waals surface area (Å²) in [5, 5.41) is 5.80. The first kappa shape index (κ1) is 22.0. The molecule has 154 valence electrons. The number of carbonyl (C=O) groups is 2. The Hall–Kier alpha value is -3.28. The van der Waals surface area contributed by atoms with Crippen molar-refractivity contribution in [2.24, 2.45) is 0 Å². The van der Waals surface area contributed by atoms with Crippen molar-refractivity contribution in [3.05, 3.63) is 71.8 Å². The SMILES string of the molecule is C=CCOc1ccc(C(=O)NCc2cccc(C(=O)NC(C)CC)c2)cc1OC. The highest BCUT2D eigenvalue weighted by atomic mass is 16.5. The molecule has 0 saturated carbocycles. The van der Waals surface area contributed by atoms with E-state index in [2.05, 4.69) is 17.2 Å². The second kappa shape index (κ2) is 10.9. The number of hydrogen-bond donors (Lipinski definition) is 2. The molecule has 0 spiro atoms. The Morgan fingerprint density at radius 2 is 1.86 bits per heavy atom. The lowest BCUT2D eigenvalue weighted by molar-refractivity contribution is 0.0936. The average molecular weight is 396 g/mol. The molecule has 2 rings (SSSR count). The fraction of sp³-hybridized carbons (Fsp3) is 0.304. The zero-order valence-electron chi connectivity index (χ0n) is 17.2. The smallest absolute Gasteiger partial charge is 0.251 e. The Balaban J connectivity index is 2.02. The highest BCUT2D eigenvalue weighted by Crippen LogP contribution is 2.28. The highest BCUT2D eigenvalue weighted by molar-refractivity contribution is 5.95. The van der Waals surface area contributed by atoms with Crippen LogP contribution < -0.4 is 20.1 Å². The lowest BCUT2D eigenvalue weighted by atomic mass is 10.1. The molecule has 0 heterocycles. The zero-order valence-corrected chi connectivity index (χ0v) is 17.2. The topological polar surface area (TPSA) is 76.7 Å². The van der Waals surface area contributed by atoms with E-state index in [1.54, 1.807) is 36.4 Å². The first-order chi connectivity index (χ1) is 14.0. The molecule has 0 aliphatic rings. The Labute approximate surface area is 171 Å². The van der Waals surface area contributed by atoms with Crippen LogP contribution in [0.15, 0.2) is 55.1 Å². The Bertz CT molecular complexity index is 864. The maximum Gasteiger partial charge on any atom is 0.251 e. The quantitative estimate of drug-likeness (QED) is 0.600. The van der Waals surface area contributed by atoms with E-state index in [4.69, 9.17) is 9.47 Å². The van der Waals surface area contributed by atoms with E-state index < -0.39 is 0 Å². The largest absolute Gasteiger partial charge is 0.493 e. The third-order valence-corrected chi connectivity index (χ3v) is 4.41. The van der Waals surface area contributed by atoms with Crippen molar-refractivity contribution in [3.8, 4) is 11.5 Å². The molecule has 2 N–H and O–H groups in total. The predicted octanol–water partition coefficient (Wildman–Crippen LogP) is 3.72. The van der Waals surface area contributed by atoms with Gasteiger partial charge in [0.2, 0.25) is 0 Å². The molecule has 6 nitrogen and oxygen atoms in total. The van der Waals surface area contributed by atoms with Crippen molar-refractivity contribution in [2.75, 3.05) is 13.7 Å². The highest BCUT2D eigenvalue weighted by Gasteiger charge is 2.12. The van der Waals surface area contributed by atoms with Crippen LogP contribution in [-0.4, -0.2) is 31.6 Å². The third kappa shape index (κ3) is 6.38. The summed E-state index contributed by atoms with van der Waals surface area (Å²) in [6.07, 6.45) is 2.50. The molecular formula is C23H28N2O4. The number of methoxy groups -OCH3 is 1. The lowest BCUT2D eigenvalue weighted by Crippen LogP contribution is -2.32. The van der Waals surface area contributed by atoms with Crippen LogP contribution in [-0.2, 0) is 6.54 Å². The normalized spacial score (nSPS) is 11.3. The molecule has 29 heavy (non-hydrogen) atoms. The fourth-order valence-electron chi connectivity index (χ4n) is 2.59. The second-order valence-corrected chi connectivity index (χ2v) is 6.63. The third-order valence-electron chi connectivity index (χ3n) is 4.41. The molecule has 1 atom stereocenters. The Morgan fingerprint density at radius 3 is 2.55 bits per heavy atom. The first-order valence-electron chi connectivity index (χ1n) is 9.58. The van der Waals surface area contributed by atoms with E-state index in [1.165, 1.54) is 7.11 Å². The summed E-state index contributed by atoms with van der Waals surface area (Å²) in [6, 6.07) is 12.3. The van der Waals surface area contributed by atoms with Gasteiger partial charge in [0.15, 0.2) is 11.5 Å². The molecule has 2 amide bonds. The molecule has 2 aromatic rings. The van der Waals surface area contributed by atoms with Gasteiger partial charge in [-0.3, -0.25) is 9.59 Å². The minimum Gasteiger partial charge on any atom is -0.493 e. The van der Waals surface area contributed by atoms with E-state index in [1.807, 2.05) is 26.0 Å². The Morgan fingerprint density at radius 1 is 1.10 bits per heavy atom. The lowest BCUT2D eigenvalue weighted by Gasteiger charge is -2.13. The van der Waals surface area contributed by atoms with Gasteiger partial charge in [-0.05, 0) is 49.2 Å². The number of benzene rings is 2. The maximum atomic E-state index is 12.5. The van der Waals surface area contributed by atoms with Crippen LogP contribution >= 0.6 is 0 Å². The summed E-state index contributed by atoms with van der Waals surface area (Å²) in [6.45, 7) is 8.25. The van der Waals surface area contributed by atoms with Gasteiger partial charge in [0.05, 0.1) is 7.11 Å². The summed E-state index contributed by atoms with van der Waals surface area (Å²) in [7, 11) is 1.52. The van der Waals surface area contributed by atoms with E-state index in [9.17, 15) is 9.59 Å². The molecule has 1 unspecified atom stereocenters. The minimum atomic E-state index is -0.243. The Kier molecular flexibility index (Phi) is 8.27. The van der Waals surface area contributed by atoms with Crippen molar-refractivity contribution in [1.82, 2.24) is 10.6 Å². The molecule has 0 fully saturated rings. The number of rotatable bonds is 10. The molecule has 0 radical (unpaired) electrons. The van der Waals surface area contributed by atoms with Gasteiger partial charge in [-0.2, -0.15) is 0 Å². The van der Waals surface area contributed by atoms with Crippen LogP contribution in [0.2, 0.25) is 0 Å². The number of nitrogens with one attached hydrogen (secondary N) is 2. The molecule has 0 aliphatic heterocycles. The molecule has 0 bridgehead atoms. The van der Waals surface area contributed by atoms with Crippen LogP contribution in [0, 0.1) is 0 Å². The van der Waals surface area contributed by atoms with Gasteiger partial charge in [-0.15, -0.1) is 0 Å². The van der Waals surface area contributed by atoms with Crippen LogP contribution in [0.3, 0.4) is 0 Å². The molecule has 0 aromatic heterocycles. The molecule has 0 aliphatic carbocycles. The minimum absolute atomic E-state index is 0.110. The van der Waals surface area contributed by atoms with E-state index in [0.29, 0.717) is 35.8 Å². The van der Waals surface area contributed by atoms with Gasteiger partial charge in [0.25, 0.3) is 11.8 Å². The van der Waals surface area contributed by atoms with Crippen LogP contribution in [0.25, 0.3) is 0 Å². The van der Waals surface area contributed by atoms with Gasteiger partial charge >= 0.3 is 0 Å². The van der Waals surface area contributed by atoms with Crippen LogP contribution in [0.1, 0.15) is 46.5 Å². The van der Waals surface area contributed by atoms with Gasteiger partial charge in [-0.1, -0.05) is 31.7 Å². The van der Waals surface area contributed by atoms with E-state index in [0.717, 1.165) is 12.0 Å². The molecule has 0 saturated heterocycles. The summed E-state index contributed by atoms with van der Waals surface area (Å²) < 4.78 is 10.8. The van der Waals surface area contributed by atoms with Gasteiger partial charge in [0.1, 0.15) is 6.61 Å². The number of amides is 2. The van der Waals surface area contributed by atoms with Crippen molar-refractivity contribution in [2.45, 2.75) is 32.9 Å². The van der Waals surface area contributed by atoms with Gasteiger partial charge < -0.3 is 20.1 Å². The summed E-state index contributed by atoms with van der Waals surface area (Å²) in [5.74, 6) is 0.660. The number of ether oxygens (including phenoxy) is 2. The zero-order chi connectivity index (χ0) is 21.2. The molecular weight excluding hydrogens is 368 g/mol. The average Bonchev–Trinajstić information content (AvgIpc) is 2.75. The van der Waals surface area contributed by atoms with Crippen LogP contribution in [0.4, 0.5) is 0 Å². The maximum absolute atomic E-state index is 12.5. The monoisotopic (exact) mass is 396 g/mol. The summed E-state index contributed by atoms with van der Waals surface area (Å²) in [5.41, 5.74) is 1.87. The van der Waals surface area contributed by atoms with E-state index in [-0.39, 0.29) is 17.9 Å². The van der Waals surface area contributed by atoms with Crippen LogP contribution in [0.5, 0.6) is 11.5 Å². The molecule has 2 aromatic carbocycles. The standard InChI is InChI=1S/C23H28N2O4/c1-5-12-29-20-11-10-19(14-21(20)28-4)22(26)24-15-17-8-7-9-18(13-17)23(27)25-16(3)6-2/h5,7-11,13-14,16H,1,6,12,15H2,2-4H3,(H,24,26)(H,25,27). The fourth-order valence-corrected chi connectivity index (χ4v) is 2.59. The van der Waals surface area contributed by atoms with Gasteiger partial charge in [0, 0.05) is 23.7 Å². The van der Waals surface area contributed by atoms with E-state index >= 15 is 0 Å². The number of hydrogen-bond acceptors (Lipinski definition) is 4.